The van der Waals surface area contributed by atoms with Crippen LogP contribution >= 0.6 is 0 Å². The van der Waals surface area contributed by atoms with Gasteiger partial charge in [-0.25, -0.2) is 13.1 Å². The minimum Gasteiger partial charge on any atom is -0.368 e. The molecule has 20 heavy (non-hydrogen) atoms. The van der Waals surface area contributed by atoms with Crippen molar-refractivity contribution in [3.05, 3.63) is 24.3 Å². The van der Waals surface area contributed by atoms with Crippen molar-refractivity contribution in [2.24, 2.45) is 5.73 Å². The van der Waals surface area contributed by atoms with E-state index in [1.807, 2.05) is 12.1 Å². The van der Waals surface area contributed by atoms with E-state index in [-0.39, 0.29) is 11.6 Å². The van der Waals surface area contributed by atoms with Gasteiger partial charge in [0, 0.05) is 24.8 Å². The molecule has 0 radical (unpaired) electrons. The third-order valence-corrected chi connectivity index (χ3v) is 5.29. The highest BCUT2D eigenvalue weighted by molar-refractivity contribution is 7.89. The molecule has 3 N–H and O–H groups in total. The fourth-order valence-corrected chi connectivity index (χ4v) is 3.59. The molecule has 1 aliphatic heterocycles. The topological polar surface area (TPSA) is 75.4 Å². The highest BCUT2D eigenvalue weighted by Crippen LogP contribution is 2.28. The summed E-state index contributed by atoms with van der Waals surface area (Å²) in [5.41, 5.74) is 7.06. The first-order chi connectivity index (χ1) is 9.26. The maximum Gasteiger partial charge on any atom is 0.240 e. The van der Waals surface area contributed by atoms with E-state index >= 15 is 0 Å². The highest BCUT2D eigenvalue weighted by atomic mass is 32.2. The summed E-state index contributed by atoms with van der Waals surface area (Å²) in [4.78, 5) is 2.46. The van der Waals surface area contributed by atoms with Crippen LogP contribution in [0.3, 0.4) is 0 Å². The summed E-state index contributed by atoms with van der Waals surface area (Å²) in [6, 6.07) is 6.84. The van der Waals surface area contributed by atoms with Gasteiger partial charge in [0.15, 0.2) is 0 Å². The zero-order chi connectivity index (χ0) is 15.0. The first-order valence-electron chi connectivity index (χ1n) is 6.92. The minimum atomic E-state index is -3.41. The average molecular weight is 297 g/mol. The Labute approximate surface area is 121 Å². The van der Waals surface area contributed by atoms with E-state index < -0.39 is 10.0 Å². The quantitative estimate of drug-likeness (QED) is 0.859. The van der Waals surface area contributed by atoms with Crippen LogP contribution in [0.4, 0.5) is 5.69 Å². The summed E-state index contributed by atoms with van der Waals surface area (Å²) in [5, 5.41) is 0. The van der Waals surface area contributed by atoms with Crippen molar-refractivity contribution in [1.29, 1.82) is 0 Å². The molecule has 0 atom stereocenters. The molecule has 0 amide bonds. The molecule has 1 aromatic rings. The number of sulfonamides is 1. The first kappa shape index (κ1) is 15.3. The maximum absolute atomic E-state index is 12.0. The van der Waals surface area contributed by atoms with E-state index in [0.29, 0.717) is 4.90 Å². The molecule has 112 valence electrons. The van der Waals surface area contributed by atoms with Gasteiger partial charge in [0.25, 0.3) is 0 Å². The monoisotopic (exact) mass is 297 g/mol. The number of nitrogens with two attached hydrogens (primary N) is 1. The molecular weight excluding hydrogens is 274 g/mol. The Balaban J connectivity index is 2.08. The Morgan fingerprint density at radius 1 is 1.30 bits per heavy atom. The van der Waals surface area contributed by atoms with Crippen LogP contribution in [0.2, 0.25) is 0 Å². The number of rotatable bonds is 5. The summed E-state index contributed by atoms with van der Waals surface area (Å²) in [6.07, 6.45) is 0.953. The van der Waals surface area contributed by atoms with Crippen LogP contribution in [0.1, 0.15) is 27.2 Å². The van der Waals surface area contributed by atoms with Crippen LogP contribution in [-0.2, 0) is 10.0 Å². The fourth-order valence-electron chi connectivity index (χ4n) is 2.33. The average Bonchev–Trinajstić information content (AvgIpc) is 2.33. The van der Waals surface area contributed by atoms with Gasteiger partial charge < -0.3 is 10.6 Å². The third-order valence-electron chi connectivity index (χ3n) is 3.62. The van der Waals surface area contributed by atoms with Crippen LogP contribution in [0.25, 0.3) is 0 Å². The van der Waals surface area contributed by atoms with E-state index in [4.69, 9.17) is 5.73 Å². The van der Waals surface area contributed by atoms with E-state index in [2.05, 4.69) is 16.5 Å². The number of benzene rings is 1. The third kappa shape index (κ3) is 3.13. The van der Waals surface area contributed by atoms with E-state index in [1.165, 1.54) is 0 Å². The van der Waals surface area contributed by atoms with Gasteiger partial charge in [-0.3, -0.25) is 0 Å². The van der Waals surface area contributed by atoms with Crippen molar-refractivity contribution < 1.29 is 8.42 Å². The molecule has 0 spiro atoms. The molecule has 1 fully saturated rings. The molecule has 2 rings (SSSR count). The van der Waals surface area contributed by atoms with Crippen LogP contribution in [0.5, 0.6) is 0 Å². The lowest BCUT2D eigenvalue weighted by atomic mass is 9.88. The molecule has 6 heteroatoms. The SMILES string of the molecule is CCC1(N)CN(c2ccc(S(=O)(=O)NC(C)C)cc2)C1. The Kier molecular flexibility index (Phi) is 4.09. The molecule has 0 aliphatic carbocycles. The second kappa shape index (κ2) is 5.35. The van der Waals surface area contributed by atoms with E-state index in [9.17, 15) is 8.42 Å². The van der Waals surface area contributed by atoms with Gasteiger partial charge in [0.05, 0.1) is 10.4 Å². The second-order valence-corrected chi connectivity index (χ2v) is 7.56. The number of hydrogen-bond acceptors (Lipinski definition) is 4. The molecule has 0 bridgehead atoms. The molecule has 1 aliphatic rings. The summed E-state index contributed by atoms with van der Waals surface area (Å²) < 4.78 is 26.6. The van der Waals surface area contributed by atoms with Crippen LogP contribution < -0.4 is 15.4 Å². The number of nitrogens with zero attached hydrogens (tertiary/aromatic N) is 1. The zero-order valence-electron chi connectivity index (χ0n) is 12.3. The van der Waals surface area contributed by atoms with Crippen molar-refractivity contribution in [1.82, 2.24) is 4.72 Å². The number of hydrogen-bond donors (Lipinski definition) is 2. The van der Waals surface area contributed by atoms with Crippen molar-refractivity contribution in [2.45, 2.75) is 43.7 Å². The van der Waals surface area contributed by atoms with Gasteiger partial charge in [-0.2, -0.15) is 0 Å². The lowest BCUT2D eigenvalue weighted by molar-refractivity contribution is 0.322. The number of nitrogens with one attached hydrogen (secondary N) is 1. The minimum absolute atomic E-state index is 0.0933. The molecule has 0 saturated carbocycles. The van der Waals surface area contributed by atoms with Gasteiger partial charge in [-0.1, -0.05) is 6.92 Å². The van der Waals surface area contributed by atoms with Gasteiger partial charge in [0.2, 0.25) is 10.0 Å². The van der Waals surface area contributed by atoms with Crippen molar-refractivity contribution in [3.8, 4) is 0 Å². The van der Waals surface area contributed by atoms with Crippen molar-refractivity contribution in [2.75, 3.05) is 18.0 Å². The molecule has 0 aromatic heterocycles. The van der Waals surface area contributed by atoms with Gasteiger partial charge in [-0.15, -0.1) is 0 Å². The van der Waals surface area contributed by atoms with Crippen LogP contribution in [0.15, 0.2) is 29.2 Å². The predicted octanol–water partition coefficient (Wildman–Crippen LogP) is 1.30. The molecule has 1 saturated heterocycles. The Morgan fingerprint density at radius 2 is 1.85 bits per heavy atom. The standard InChI is InChI=1S/C14H23N3O2S/c1-4-14(15)9-17(10-14)12-5-7-13(8-6-12)20(18,19)16-11(2)3/h5-8,11,16H,4,9-10,15H2,1-3H3. The summed E-state index contributed by atoms with van der Waals surface area (Å²) in [7, 11) is -3.41. The predicted molar refractivity (Wildman–Crippen MR) is 81.3 cm³/mol. The molecule has 0 unspecified atom stereocenters. The first-order valence-corrected chi connectivity index (χ1v) is 8.40. The van der Waals surface area contributed by atoms with Crippen molar-refractivity contribution in [3.63, 3.8) is 0 Å². The van der Waals surface area contributed by atoms with Crippen LogP contribution in [-0.4, -0.2) is 33.1 Å². The maximum atomic E-state index is 12.0. The van der Waals surface area contributed by atoms with Gasteiger partial charge in [0.1, 0.15) is 0 Å². The molecule has 1 aromatic carbocycles. The largest absolute Gasteiger partial charge is 0.368 e. The van der Waals surface area contributed by atoms with Gasteiger partial charge in [-0.05, 0) is 44.5 Å². The summed E-state index contributed by atoms with van der Waals surface area (Å²) >= 11 is 0. The normalized spacial score (nSPS) is 18.1. The fraction of sp³-hybridized carbons (Fsp3) is 0.571. The van der Waals surface area contributed by atoms with E-state index in [0.717, 1.165) is 25.2 Å². The van der Waals surface area contributed by atoms with Gasteiger partial charge >= 0.3 is 0 Å². The zero-order valence-corrected chi connectivity index (χ0v) is 13.1. The summed E-state index contributed by atoms with van der Waals surface area (Å²) in [6.45, 7) is 7.33. The Hall–Kier alpha value is -1.11. The van der Waals surface area contributed by atoms with Crippen LogP contribution in [0, 0.1) is 0 Å². The lowest BCUT2D eigenvalue weighted by Gasteiger charge is -2.48. The smallest absolute Gasteiger partial charge is 0.240 e. The Morgan fingerprint density at radius 3 is 2.30 bits per heavy atom. The second-order valence-electron chi connectivity index (χ2n) is 5.84. The van der Waals surface area contributed by atoms with E-state index in [1.54, 1.807) is 26.0 Å². The van der Waals surface area contributed by atoms with Crippen molar-refractivity contribution >= 4 is 15.7 Å². The summed E-state index contributed by atoms with van der Waals surface area (Å²) in [5.74, 6) is 0. The molecule has 1 heterocycles. The molecular formula is C14H23N3O2S. The Bertz CT molecular complexity index is 561. The lowest BCUT2D eigenvalue weighted by Crippen LogP contribution is -2.67. The highest BCUT2D eigenvalue weighted by Gasteiger charge is 2.37. The molecule has 5 nitrogen and oxygen atoms in total. The number of anilines is 1.